The summed E-state index contributed by atoms with van der Waals surface area (Å²) in [6.07, 6.45) is 5.16. The molecule has 0 fully saturated rings. The summed E-state index contributed by atoms with van der Waals surface area (Å²) >= 11 is 0. The van der Waals surface area contributed by atoms with Crippen molar-refractivity contribution in [2.75, 3.05) is 0 Å². The second-order valence-corrected chi connectivity index (χ2v) is 1.33. The van der Waals surface area contributed by atoms with E-state index in [9.17, 15) is 0 Å². The summed E-state index contributed by atoms with van der Waals surface area (Å²) in [5, 5.41) is 0. The summed E-state index contributed by atoms with van der Waals surface area (Å²) in [4.78, 5) is 0. The Bertz CT molecular complexity index is 60.6. The largest absolute Gasteiger partial charge is 0.324 e. The van der Waals surface area contributed by atoms with E-state index in [0.717, 1.165) is 6.42 Å². The maximum Gasteiger partial charge on any atom is 0.0258 e. The van der Waals surface area contributed by atoms with Crippen molar-refractivity contribution < 1.29 is 0 Å². The molecule has 0 bridgehead atoms. The van der Waals surface area contributed by atoms with Gasteiger partial charge >= 0.3 is 0 Å². The van der Waals surface area contributed by atoms with Gasteiger partial charge < -0.3 is 5.73 Å². The maximum atomic E-state index is 5.29. The zero-order valence-corrected chi connectivity index (χ0v) is 4.24. The Hall–Kier alpha value is -0.0100. The highest BCUT2D eigenvalue weighted by atomic mass is 35.5. The molecule has 0 radical (unpaired) electrons. The molecule has 6 heavy (non-hydrogen) atoms. The molecular formula is C4H8ClN. The first-order valence-corrected chi connectivity index (χ1v) is 1.82. The highest BCUT2D eigenvalue weighted by Crippen LogP contribution is 2.01. The second-order valence-electron chi connectivity index (χ2n) is 1.33. The number of hydrogen-bond acceptors (Lipinski definition) is 1. The topological polar surface area (TPSA) is 26.0 Å². The van der Waals surface area contributed by atoms with Crippen molar-refractivity contribution in [2.24, 2.45) is 5.73 Å². The molecule has 0 saturated carbocycles. The fraction of sp³-hybridized carbons (Fsp3) is 0.500. The summed E-state index contributed by atoms with van der Waals surface area (Å²) < 4.78 is 0. The van der Waals surface area contributed by atoms with Crippen molar-refractivity contribution >= 4 is 12.4 Å². The molecule has 36 valence electrons. The van der Waals surface area contributed by atoms with E-state index in [0.29, 0.717) is 6.04 Å². The lowest BCUT2D eigenvalue weighted by Crippen LogP contribution is -2.20. The van der Waals surface area contributed by atoms with Crippen LogP contribution < -0.4 is 5.73 Å². The summed E-state index contributed by atoms with van der Waals surface area (Å²) in [6.45, 7) is 0. The van der Waals surface area contributed by atoms with Crippen LogP contribution in [0.1, 0.15) is 6.42 Å². The van der Waals surface area contributed by atoms with Gasteiger partial charge in [0.05, 0.1) is 0 Å². The molecule has 0 aliphatic heterocycles. The van der Waals surface area contributed by atoms with Crippen molar-refractivity contribution in [3.05, 3.63) is 12.2 Å². The third kappa shape index (κ3) is 0.994. The smallest absolute Gasteiger partial charge is 0.0258 e. The number of halogens is 1. The van der Waals surface area contributed by atoms with Crippen LogP contribution in [-0.4, -0.2) is 6.04 Å². The van der Waals surface area contributed by atoms with Crippen LogP contribution in [0.25, 0.3) is 0 Å². The molecule has 1 rings (SSSR count). The normalized spacial score (nSPS) is 27.8. The highest BCUT2D eigenvalue weighted by molar-refractivity contribution is 5.85. The minimum absolute atomic E-state index is 0. The van der Waals surface area contributed by atoms with E-state index >= 15 is 0 Å². The molecule has 0 aromatic carbocycles. The molecule has 1 unspecified atom stereocenters. The second kappa shape index (κ2) is 2.21. The fourth-order valence-corrected chi connectivity index (χ4v) is 0.293. The minimum Gasteiger partial charge on any atom is -0.324 e. The average Bonchev–Trinajstić information content (AvgIpc) is 1.30. The Kier molecular flexibility index (Phi) is 2.21. The van der Waals surface area contributed by atoms with E-state index in [4.69, 9.17) is 5.73 Å². The van der Waals surface area contributed by atoms with Crippen LogP contribution in [0.2, 0.25) is 0 Å². The highest BCUT2D eigenvalue weighted by Gasteiger charge is 1.99. The van der Waals surface area contributed by atoms with E-state index in [1.165, 1.54) is 0 Å². The van der Waals surface area contributed by atoms with Gasteiger partial charge in [-0.1, -0.05) is 12.2 Å². The summed E-state index contributed by atoms with van der Waals surface area (Å²) in [6, 6.07) is 0.384. The van der Waals surface area contributed by atoms with E-state index < -0.39 is 0 Å². The molecule has 1 nitrogen and oxygen atoms in total. The molecule has 1 atom stereocenters. The molecule has 0 saturated heterocycles. The first-order valence-electron chi connectivity index (χ1n) is 1.82. The standard InChI is InChI=1S/C4H7N.ClH/c5-4-2-1-3-4;/h1-2,4H,3,5H2;1H. The monoisotopic (exact) mass is 105 g/mol. The lowest BCUT2D eigenvalue weighted by molar-refractivity contribution is 0.770. The Morgan fingerprint density at radius 1 is 1.67 bits per heavy atom. The lowest BCUT2D eigenvalue weighted by atomic mass is 10.1. The van der Waals surface area contributed by atoms with E-state index in [1.807, 2.05) is 6.08 Å². The Balaban J connectivity index is 0.000000250. The van der Waals surface area contributed by atoms with Crippen LogP contribution in [0.4, 0.5) is 0 Å². The van der Waals surface area contributed by atoms with Crippen LogP contribution in [0.15, 0.2) is 12.2 Å². The van der Waals surface area contributed by atoms with Crippen LogP contribution in [-0.2, 0) is 0 Å². The zero-order chi connectivity index (χ0) is 3.70. The number of nitrogens with two attached hydrogens (primary N) is 1. The molecule has 1 aliphatic rings. The Labute approximate surface area is 43.6 Å². The van der Waals surface area contributed by atoms with Gasteiger partial charge in [0.1, 0.15) is 0 Å². The number of hydrogen-bond donors (Lipinski definition) is 1. The molecule has 0 amide bonds. The molecular weight excluding hydrogens is 97.5 g/mol. The zero-order valence-electron chi connectivity index (χ0n) is 3.42. The first kappa shape index (κ1) is 5.99. The van der Waals surface area contributed by atoms with Gasteiger partial charge in [-0.2, -0.15) is 0 Å². The summed E-state index contributed by atoms with van der Waals surface area (Å²) in [7, 11) is 0. The van der Waals surface area contributed by atoms with E-state index in [1.54, 1.807) is 0 Å². The Morgan fingerprint density at radius 2 is 2.00 bits per heavy atom. The van der Waals surface area contributed by atoms with Crippen molar-refractivity contribution in [1.82, 2.24) is 0 Å². The van der Waals surface area contributed by atoms with Crippen molar-refractivity contribution in [3.63, 3.8) is 0 Å². The molecule has 2 N–H and O–H groups in total. The predicted molar refractivity (Wildman–Crippen MR) is 29.0 cm³/mol. The van der Waals surface area contributed by atoms with Crippen molar-refractivity contribution in [3.8, 4) is 0 Å². The van der Waals surface area contributed by atoms with Crippen molar-refractivity contribution in [1.29, 1.82) is 0 Å². The molecule has 0 heterocycles. The lowest BCUT2D eigenvalue weighted by Gasteiger charge is -2.08. The van der Waals surface area contributed by atoms with Gasteiger partial charge in [0.25, 0.3) is 0 Å². The minimum atomic E-state index is 0. The first-order chi connectivity index (χ1) is 2.39. The predicted octanol–water partition coefficient (Wildman–Crippen LogP) is 0.695. The fourth-order valence-electron chi connectivity index (χ4n) is 0.293. The van der Waals surface area contributed by atoms with Gasteiger partial charge in [-0.05, 0) is 6.42 Å². The number of rotatable bonds is 0. The van der Waals surface area contributed by atoms with Crippen LogP contribution in [0, 0.1) is 0 Å². The maximum absolute atomic E-state index is 5.29. The third-order valence-corrected chi connectivity index (χ3v) is 0.792. The molecule has 2 heteroatoms. The van der Waals surface area contributed by atoms with E-state index in [-0.39, 0.29) is 12.4 Å². The molecule has 1 aliphatic carbocycles. The van der Waals surface area contributed by atoms with Gasteiger partial charge in [-0.15, -0.1) is 12.4 Å². The van der Waals surface area contributed by atoms with Crippen LogP contribution in [0.3, 0.4) is 0 Å². The summed E-state index contributed by atoms with van der Waals surface area (Å²) in [5.74, 6) is 0. The van der Waals surface area contributed by atoms with Gasteiger partial charge in [0.2, 0.25) is 0 Å². The summed E-state index contributed by atoms with van der Waals surface area (Å²) in [5.41, 5.74) is 5.29. The third-order valence-electron chi connectivity index (χ3n) is 0.792. The van der Waals surface area contributed by atoms with Crippen molar-refractivity contribution in [2.45, 2.75) is 12.5 Å². The molecule has 0 spiro atoms. The van der Waals surface area contributed by atoms with Gasteiger partial charge in [0, 0.05) is 6.04 Å². The quantitative estimate of drug-likeness (QED) is 0.451. The van der Waals surface area contributed by atoms with Gasteiger partial charge in [-0.25, -0.2) is 0 Å². The van der Waals surface area contributed by atoms with E-state index in [2.05, 4.69) is 6.08 Å². The van der Waals surface area contributed by atoms with Crippen LogP contribution >= 0.6 is 12.4 Å². The SMILES string of the molecule is Cl.NC1C=CC1. The Morgan fingerprint density at radius 3 is 2.00 bits per heavy atom. The molecule has 0 aromatic heterocycles. The van der Waals surface area contributed by atoms with Gasteiger partial charge in [-0.3, -0.25) is 0 Å². The van der Waals surface area contributed by atoms with Crippen LogP contribution in [0.5, 0.6) is 0 Å². The van der Waals surface area contributed by atoms with Gasteiger partial charge in [0.15, 0.2) is 0 Å². The molecule has 0 aromatic rings. The average molecular weight is 106 g/mol.